The van der Waals surface area contributed by atoms with E-state index in [2.05, 4.69) is 16.4 Å². The van der Waals surface area contributed by atoms with E-state index in [0.29, 0.717) is 6.54 Å². The summed E-state index contributed by atoms with van der Waals surface area (Å²) in [5.74, 6) is 1.69. The summed E-state index contributed by atoms with van der Waals surface area (Å²) < 4.78 is 7.04. The minimum atomic E-state index is -0.0667. The van der Waals surface area contributed by atoms with Gasteiger partial charge in [-0.05, 0) is 37.1 Å². The molecule has 3 aromatic rings. The number of rotatable bonds is 5. The lowest BCUT2D eigenvalue weighted by Gasteiger charge is -2.12. The molecule has 0 radical (unpaired) electrons. The van der Waals surface area contributed by atoms with Gasteiger partial charge in [0.05, 0.1) is 23.4 Å². The van der Waals surface area contributed by atoms with Crippen LogP contribution in [0.4, 0.5) is 0 Å². The van der Waals surface area contributed by atoms with Crippen LogP contribution in [0, 0.1) is 0 Å². The third-order valence-corrected chi connectivity index (χ3v) is 5.01. The fourth-order valence-corrected chi connectivity index (χ4v) is 3.31. The van der Waals surface area contributed by atoms with Crippen LogP contribution in [0.3, 0.4) is 0 Å². The minimum absolute atomic E-state index is 0.0667. The number of thiazole rings is 1. The van der Waals surface area contributed by atoms with Gasteiger partial charge in [0.2, 0.25) is 0 Å². The molecule has 21 heavy (non-hydrogen) atoms. The van der Waals surface area contributed by atoms with Crippen LogP contribution >= 0.6 is 11.3 Å². The van der Waals surface area contributed by atoms with Crippen LogP contribution in [0.5, 0.6) is 0 Å². The number of nitrogens with zero attached hydrogens (tertiary/aromatic N) is 1. The molecule has 0 atom stereocenters. The number of aromatic nitrogens is 1. The van der Waals surface area contributed by atoms with E-state index in [9.17, 15) is 5.11 Å². The first kappa shape index (κ1) is 13.0. The Hall–Kier alpha value is -1.69. The number of hydrogen-bond donors (Lipinski definition) is 2. The molecule has 0 aliphatic heterocycles. The van der Waals surface area contributed by atoms with Gasteiger partial charge in [-0.15, -0.1) is 11.3 Å². The molecule has 0 saturated heterocycles. The van der Waals surface area contributed by atoms with E-state index in [1.807, 2.05) is 30.3 Å². The van der Waals surface area contributed by atoms with Gasteiger partial charge >= 0.3 is 0 Å². The number of fused-ring (bicyclic) bond motifs is 1. The number of aliphatic hydroxyl groups is 1. The molecule has 5 heteroatoms. The standard InChI is InChI=1S/C16H16N2O2S/c19-10-16(7-8-16)17-9-11-5-6-13(20-11)15-18-12-3-1-2-4-14(12)21-15/h1-6,17,19H,7-10H2. The van der Waals surface area contributed by atoms with Crippen LogP contribution in [-0.4, -0.2) is 22.2 Å². The Balaban J connectivity index is 1.53. The van der Waals surface area contributed by atoms with Crippen molar-refractivity contribution >= 4 is 21.6 Å². The summed E-state index contributed by atoms with van der Waals surface area (Å²) in [5.41, 5.74) is 0.939. The van der Waals surface area contributed by atoms with Gasteiger partial charge in [-0.2, -0.15) is 0 Å². The molecule has 4 nitrogen and oxygen atoms in total. The quantitative estimate of drug-likeness (QED) is 0.760. The van der Waals surface area contributed by atoms with Crippen LogP contribution in [-0.2, 0) is 6.54 Å². The lowest BCUT2D eigenvalue weighted by Crippen LogP contribution is -2.33. The lowest BCUT2D eigenvalue weighted by atomic mass is 10.3. The van der Waals surface area contributed by atoms with E-state index in [1.165, 1.54) is 4.70 Å². The normalized spacial score (nSPS) is 16.4. The Morgan fingerprint density at radius 3 is 2.86 bits per heavy atom. The molecular formula is C16H16N2O2S. The summed E-state index contributed by atoms with van der Waals surface area (Å²) in [6.45, 7) is 0.837. The van der Waals surface area contributed by atoms with Gasteiger partial charge in [-0.3, -0.25) is 0 Å². The Morgan fingerprint density at radius 2 is 2.10 bits per heavy atom. The predicted molar refractivity (Wildman–Crippen MR) is 83.2 cm³/mol. The highest BCUT2D eigenvalue weighted by molar-refractivity contribution is 7.21. The van der Waals surface area contributed by atoms with Crippen molar-refractivity contribution in [2.75, 3.05) is 6.61 Å². The molecule has 1 saturated carbocycles. The van der Waals surface area contributed by atoms with Crippen molar-refractivity contribution < 1.29 is 9.52 Å². The highest BCUT2D eigenvalue weighted by atomic mass is 32.1. The van der Waals surface area contributed by atoms with Crippen LogP contribution in [0.1, 0.15) is 18.6 Å². The van der Waals surface area contributed by atoms with Gasteiger partial charge in [-0.1, -0.05) is 12.1 Å². The molecule has 1 fully saturated rings. The molecule has 2 N–H and O–H groups in total. The maximum absolute atomic E-state index is 9.30. The average molecular weight is 300 g/mol. The number of para-hydroxylation sites is 1. The molecule has 1 aromatic carbocycles. The van der Waals surface area contributed by atoms with Crippen molar-refractivity contribution in [1.29, 1.82) is 0 Å². The van der Waals surface area contributed by atoms with E-state index >= 15 is 0 Å². The van der Waals surface area contributed by atoms with Crippen molar-refractivity contribution in [3.05, 3.63) is 42.2 Å². The molecule has 108 valence electrons. The zero-order valence-corrected chi connectivity index (χ0v) is 12.3. The molecule has 0 bridgehead atoms. The number of furan rings is 1. The highest BCUT2D eigenvalue weighted by Gasteiger charge is 2.41. The number of benzene rings is 1. The molecule has 0 amide bonds. The number of hydrogen-bond acceptors (Lipinski definition) is 5. The zero-order valence-electron chi connectivity index (χ0n) is 11.5. The topological polar surface area (TPSA) is 58.3 Å². The van der Waals surface area contributed by atoms with Crippen molar-refractivity contribution in [1.82, 2.24) is 10.3 Å². The van der Waals surface area contributed by atoms with Crippen molar-refractivity contribution in [2.24, 2.45) is 0 Å². The van der Waals surface area contributed by atoms with Crippen LogP contribution in [0.2, 0.25) is 0 Å². The van der Waals surface area contributed by atoms with Crippen LogP contribution < -0.4 is 5.32 Å². The van der Waals surface area contributed by atoms with Crippen molar-refractivity contribution in [3.63, 3.8) is 0 Å². The van der Waals surface area contributed by atoms with E-state index in [4.69, 9.17) is 4.42 Å². The number of nitrogens with one attached hydrogen (secondary N) is 1. The summed E-state index contributed by atoms with van der Waals surface area (Å²) >= 11 is 1.64. The summed E-state index contributed by atoms with van der Waals surface area (Å²) in [4.78, 5) is 4.60. The first-order valence-electron chi connectivity index (χ1n) is 7.09. The van der Waals surface area contributed by atoms with E-state index < -0.39 is 0 Å². The summed E-state index contributed by atoms with van der Waals surface area (Å²) in [7, 11) is 0. The maximum Gasteiger partial charge on any atom is 0.163 e. The molecule has 0 spiro atoms. The predicted octanol–water partition coefficient (Wildman–Crippen LogP) is 3.17. The molecular weight excluding hydrogens is 284 g/mol. The maximum atomic E-state index is 9.30. The van der Waals surface area contributed by atoms with E-state index in [1.54, 1.807) is 11.3 Å². The Kier molecular flexibility index (Phi) is 3.06. The van der Waals surface area contributed by atoms with E-state index in [0.717, 1.165) is 34.9 Å². The second kappa shape index (κ2) is 4.94. The molecule has 1 aliphatic carbocycles. The summed E-state index contributed by atoms with van der Waals surface area (Å²) in [5, 5.41) is 13.6. The third-order valence-electron chi connectivity index (χ3n) is 3.96. The Bertz CT molecular complexity index is 740. The minimum Gasteiger partial charge on any atom is -0.457 e. The SMILES string of the molecule is OCC1(NCc2ccc(-c3nc4ccccc4s3)o2)CC1. The summed E-state index contributed by atoms with van der Waals surface area (Å²) in [6, 6.07) is 12.0. The largest absolute Gasteiger partial charge is 0.457 e. The van der Waals surface area contributed by atoms with Crippen molar-refractivity contribution in [2.45, 2.75) is 24.9 Å². The lowest BCUT2D eigenvalue weighted by molar-refractivity contribution is 0.227. The second-order valence-corrected chi connectivity index (χ2v) is 6.58. The third kappa shape index (κ3) is 2.48. The van der Waals surface area contributed by atoms with Gasteiger partial charge in [0.15, 0.2) is 10.8 Å². The van der Waals surface area contributed by atoms with Gasteiger partial charge in [0.1, 0.15) is 5.76 Å². The smallest absolute Gasteiger partial charge is 0.163 e. The molecule has 4 rings (SSSR count). The van der Waals surface area contributed by atoms with Gasteiger partial charge in [-0.25, -0.2) is 4.98 Å². The fraction of sp³-hybridized carbons (Fsp3) is 0.312. The van der Waals surface area contributed by atoms with Crippen LogP contribution in [0.15, 0.2) is 40.8 Å². The van der Waals surface area contributed by atoms with E-state index in [-0.39, 0.29) is 12.1 Å². The first-order chi connectivity index (χ1) is 10.3. The van der Waals surface area contributed by atoms with Crippen molar-refractivity contribution in [3.8, 4) is 10.8 Å². The van der Waals surface area contributed by atoms with Gasteiger partial charge < -0.3 is 14.8 Å². The Morgan fingerprint density at radius 1 is 1.24 bits per heavy atom. The molecule has 1 aliphatic rings. The molecule has 2 heterocycles. The first-order valence-corrected chi connectivity index (χ1v) is 7.90. The van der Waals surface area contributed by atoms with Gasteiger partial charge in [0, 0.05) is 5.54 Å². The zero-order chi connectivity index (χ0) is 14.3. The highest BCUT2D eigenvalue weighted by Crippen LogP contribution is 2.35. The summed E-state index contributed by atoms with van der Waals surface area (Å²) in [6.07, 6.45) is 2.07. The fourth-order valence-electron chi connectivity index (χ4n) is 2.38. The van der Waals surface area contributed by atoms with Gasteiger partial charge in [0.25, 0.3) is 0 Å². The monoisotopic (exact) mass is 300 g/mol. The van der Waals surface area contributed by atoms with Crippen LogP contribution in [0.25, 0.3) is 21.0 Å². The Labute approximate surface area is 126 Å². The average Bonchev–Trinajstić information content (AvgIpc) is 2.97. The molecule has 0 unspecified atom stereocenters. The second-order valence-electron chi connectivity index (χ2n) is 5.54. The molecule has 2 aromatic heterocycles. The number of aliphatic hydroxyl groups excluding tert-OH is 1.